The van der Waals surface area contributed by atoms with E-state index in [1.54, 1.807) is 12.1 Å². The summed E-state index contributed by atoms with van der Waals surface area (Å²) in [5.74, 6) is -0.531. The molecule has 0 bridgehead atoms. The highest BCUT2D eigenvalue weighted by molar-refractivity contribution is 7.89. The van der Waals surface area contributed by atoms with E-state index < -0.39 is 22.5 Å². The van der Waals surface area contributed by atoms with Crippen LogP contribution in [0, 0.1) is 0 Å². The van der Waals surface area contributed by atoms with Crippen molar-refractivity contribution in [1.82, 2.24) is 9.73 Å². The van der Waals surface area contributed by atoms with E-state index in [1.807, 2.05) is 6.92 Å². The Hall–Kier alpha value is -2.85. The number of rotatable bonds is 8. The molecule has 0 aliphatic carbocycles. The predicted molar refractivity (Wildman–Crippen MR) is 112 cm³/mol. The van der Waals surface area contributed by atoms with Crippen molar-refractivity contribution in [2.75, 3.05) is 13.1 Å². The van der Waals surface area contributed by atoms with Crippen molar-refractivity contribution < 1.29 is 26.7 Å². The SMILES string of the molecule is CC/C(=N/NC(=O)c1cccc(S(=O)(=O)N2CCCC2)c1)c1ccc(OC(F)F)cc1. The van der Waals surface area contributed by atoms with Crippen molar-refractivity contribution in [2.45, 2.75) is 37.7 Å². The van der Waals surface area contributed by atoms with Gasteiger partial charge in [0.2, 0.25) is 10.0 Å². The van der Waals surface area contributed by atoms with E-state index in [4.69, 9.17) is 0 Å². The second kappa shape index (κ2) is 9.97. The van der Waals surface area contributed by atoms with Crippen molar-refractivity contribution in [3.63, 3.8) is 0 Å². The number of hydrazone groups is 1. The number of amides is 1. The lowest BCUT2D eigenvalue weighted by molar-refractivity contribution is -0.0498. The van der Waals surface area contributed by atoms with Crippen LogP contribution < -0.4 is 10.2 Å². The third kappa shape index (κ3) is 5.65. The first kappa shape index (κ1) is 22.8. The van der Waals surface area contributed by atoms with E-state index in [2.05, 4.69) is 15.3 Å². The molecule has 1 aliphatic heterocycles. The normalized spacial score (nSPS) is 15.3. The van der Waals surface area contributed by atoms with E-state index in [0.717, 1.165) is 12.8 Å². The molecule has 1 fully saturated rings. The summed E-state index contributed by atoms with van der Waals surface area (Å²) >= 11 is 0. The maximum Gasteiger partial charge on any atom is 0.387 e. The molecule has 7 nitrogen and oxygen atoms in total. The number of alkyl halides is 2. The molecular weight excluding hydrogens is 428 g/mol. The highest BCUT2D eigenvalue weighted by atomic mass is 32.2. The van der Waals surface area contributed by atoms with Crippen molar-refractivity contribution in [1.29, 1.82) is 0 Å². The molecule has 1 saturated heterocycles. The molecule has 0 aromatic heterocycles. The van der Waals surface area contributed by atoms with Crippen molar-refractivity contribution in [2.24, 2.45) is 5.10 Å². The number of halogens is 2. The van der Waals surface area contributed by atoms with E-state index in [1.165, 1.54) is 40.7 Å². The van der Waals surface area contributed by atoms with Crippen LogP contribution in [-0.2, 0) is 10.0 Å². The molecular formula is C21H23F2N3O4S. The van der Waals surface area contributed by atoms with E-state index in [9.17, 15) is 22.0 Å². The summed E-state index contributed by atoms with van der Waals surface area (Å²) in [7, 11) is -3.63. The topological polar surface area (TPSA) is 88.1 Å². The second-order valence-corrected chi connectivity index (χ2v) is 8.83. The number of ether oxygens (including phenoxy) is 1. The average Bonchev–Trinajstić information content (AvgIpc) is 3.31. The molecule has 1 amide bonds. The first-order valence-corrected chi connectivity index (χ1v) is 11.3. The molecule has 1 aliphatic rings. The summed E-state index contributed by atoms with van der Waals surface area (Å²) in [6, 6.07) is 11.7. The van der Waals surface area contributed by atoms with Gasteiger partial charge in [-0.25, -0.2) is 13.8 Å². The summed E-state index contributed by atoms with van der Waals surface area (Å²) in [5.41, 5.74) is 3.76. The maximum absolute atomic E-state index is 12.7. The van der Waals surface area contributed by atoms with Crippen LogP contribution in [0.3, 0.4) is 0 Å². The van der Waals surface area contributed by atoms with E-state index in [0.29, 0.717) is 30.8 Å². The van der Waals surface area contributed by atoms with Gasteiger partial charge in [-0.1, -0.05) is 13.0 Å². The zero-order valence-corrected chi connectivity index (χ0v) is 17.7. The van der Waals surface area contributed by atoms with Crippen LogP contribution in [0.15, 0.2) is 58.5 Å². The largest absolute Gasteiger partial charge is 0.435 e. The molecule has 0 atom stereocenters. The first-order valence-electron chi connectivity index (χ1n) is 9.83. The fraction of sp³-hybridized carbons (Fsp3) is 0.333. The summed E-state index contributed by atoms with van der Waals surface area (Å²) in [6.07, 6.45) is 2.12. The average molecular weight is 451 g/mol. The Bertz CT molecular complexity index is 1050. The van der Waals surface area contributed by atoms with E-state index in [-0.39, 0.29) is 16.2 Å². The molecule has 166 valence electrons. The lowest BCUT2D eigenvalue weighted by Crippen LogP contribution is -2.28. The van der Waals surface area contributed by atoms with Gasteiger partial charge in [-0.15, -0.1) is 0 Å². The second-order valence-electron chi connectivity index (χ2n) is 6.89. The maximum atomic E-state index is 12.7. The van der Waals surface area contributed by atoms with Crippen molar-refractivity contribution >= 4 is 21.6 Å². The predicted octanol–water partition coefficient (Wildman–Crippen LogP) is 3.62. The molecule has 1 heterocycles. The Balaban J connectivity index is 1.73. The van der Waals surface area contributed by atoms with E-state index >= 15 is 0 Å². The van der Waals surface area contributed by atoms with Gasteiger partial charge in [0.25, 0.3) is 5.91 Å². The molecule has 0 unspecified atom stereocenters. The number of benzene rings is 2. The van der Waals surface area contributed by atoms with Crippen LogP contribution in [0.1, 0.15) is 42.1 Å². The number of nitrogens with one attached hydrogen (secondary N) is 1. The van der Waals surface area contributed by atoms with Crippen molar-refractivity contribution in [3.05, 3.63) is 59.7 Å². The number of hydrogen-bond acceptors (Lipinski definition) is 5. The lowest BCUT2D eigenvalue weighted by atomic mass is 10.1. The fourth-order valence-corrected chi connectivity index (χ4v) is 4.80. The first-order chi connectivity index (χ1) is 14.8. The molecule has 0 saturated carbocycles. The van der Waals surface area contributed by atoms with Gasteiger partial charge in [-0.3, -0.25) is 4.79 Å². The molecule has 10 heteroatoms. The van der Waals surface area contributed by atoms with Gasteiger partial charge < -0.3 is 4.74 Å². The van der Waals surface area contributed by atoms with Gasteiger partial charge in [0.15, 0.2) is 0 Å². The minimum absolute atomic E-state index is 0.0225. The number of carbonyl (C=O) groups is 1. The summed E-state index contributed by atoms with van der Waals surface area (Å²) in [5, 5.41) is 4.12. The van der Waals surface area contributed by atoms with Gasteiger partial charge >= 0.3 is 6.61 Å². The third-order valence-electron chi connectivity index (χ3n) is 4.84. The van der Waals surface area contributed by atoms with Crippen molar-refractivity contribution in [3.8, 4) is 5.75 Å². The summed E-state index contributed by atoms with van der Waals surface area (Å²) in [4.78, 5) is 12.6. The number of hydrogen-bond donors (Lipinski definition) is 1. The highest BCUT2D eigenvalue weighted by Gasteiger charge is 2.27. The Morgan fingerprint density at radius 3 is 2.42 bits per heavy atom. The van der Waals surface area contributed by atoms with Crippen LogP contribution in [0.5, 0.6) is 5.75 Å². The molecule has 0 spiro atoms. The van der Waals surface area contributed by atoms with Gasteiger partial charge in [0.05, 0.1) is 10.6 Å². The number of nitrogens with zero attached hydrogens (tertiary/aromatic N) is 2. The van der Waals surface area contributed by atoms with Gasteiger partial charge in [0, 0.05) is 18.7 Å². The molecule has 1 N–H and O–H groups in total. The van der Waals surface area contributed by atoms with Crippen LogP contribution >= 0.6 is 0 Å². The fourth-order valence-electron chi connectivity index (χ4n) is 3.23. The Morgan fingerprint density at radius 1 is 1.13 bits per heavy atom. The minimum Gasteiger partial charge on any atom is -0.435 e. The number of sulfonamides is 1. The smallest absolute Gasteiger partial charge is 0.387 e. The van der Waals surface area contributed by atoms with Gasteiger partial charge in [0.1, 0.15) is 5.75 Å². The van der Waals surface area contributed by atoms with Crippen LogP contribution in [0.2, 0.25) is 0 Å². The molecule has 2 aromatic rings. The zero-order valence-electron chi connectivity index (χ0n) is 16.9. The Morgan fingerprint density at radius 2 is 1.81 bits per heavy atom. The summed E-state index contributed by atoms with van der Waals surface area (Å²) in [6.45, 7) is -0.124. The summed E-state index contributed by atoms with van der Waals surface area (Å²) < 4.78 is 55.7. The van der Waals surface area contributed by atoms with Gasteiger partial charge in [-0.2, -0.15) is 18.2 Å². The molecule has 0 radical (unpaired) electrons. The quantitative estimate of drug-likeness (QED) is 0.491. The zero-order chi connectivity index (χ0) is 22.4. The monoisotopic (exact) mass is 451 g/mol. The minimum atomic E-state index is -3.63. The van der Waals surface area contributed by atoms with Crippen LogP contribution in [-0.4, -0.2) is 44.0 Å². The third-order valence-corrected chi connectivity index (χ3v) is 6.73. The molecule has 2 aromatic carbocycles. The Kier molecular flexibility index (Phi) is 7.34. The lowest BCUT2D eigenvalue weighted by Gasteiger charge is -2.15. The molecule has 31 heavy (non-hydrogen) atoms. The van der Waals surface area contributed by atoms with Crippen LogP contribution in [0.4, 0.5) is 8.78 Å². The highest BCUT2D eigenvalue weighted by Crippen LogP contribution is 2.21. The van der Waals surface area contributed by atoms with Crippen LogP contribution in [0.25, 0.3) is 0 Å². The Labute approximate surface area is 179 Å². The standard InChI is InChI=1S/C21H23F2N3O4S/c1-2-19(15-8-10-17(11-9-15)30-21(22)23)24-25-20(27)16-6-5-7-18(14-16)31(28,29)26-12-3-4-13-26/h5-11,14,21H,2-4,12-13H2,1H3,(H,25,27)/b24-19-. The van der Waals surface area contributed by atoms with Gasteiger partial charge in [-0.05, 0) is 67.3 Å². The molecule has 3 rings (SSSR count). The number of carbonyl (C=O) groups excluding carboxylic acids is 1.